The number of nitrogens with one attached hydrogen (secondary N) is 1. The second-order valence-electron chi connectivity index (χ2n) is 7.50. The van der Waals surface area contributed by atoms with E-state index in [2.05, 4.69) is 17.4 Å². The molecule has 0 aliphatic carbocycles. The number of hydrogen-bond acceptors (Lipinski definition) is 4. The van der Waals surface area contributed by atoms with Gasteiger partial charge in [0.2, 0.25) is 15.9 Å². The quantitative estimate of drug-likeness (QED) is 0.416. The van der Waals surface area contributed by atoms with Gasteiger partial charge in [0, 0.05) is 21.4 Å². The smallest absolute Gasteiger partial charge is 0.245 e. The molecule has 3 aromatic carbocycles. The summed E-state index contributed by atoms with van der Waals surface area (Å²) in [6.07, 6.45) is 1.07. The molecule has 0 aromatic heterocycles. The van der Waals surface area contributed by atoms with Crippen LogP contribution in [0.4, 0.5) is 11.4 Å². The summed E-state index contributed by atoms with van der Waals surface area (Å²) >= 11 is 7.80. The number of amides is 1. The van der Waals surface area contributed by atoms with Gasteiger partial charge in [0.1, 0.15) is 6.54 Å². The van der Waals surface area contributed by atoms with Crippen molar-refractivity contribution in [2.45, 2.75) is 24.5 Å². The lowest BCUT2D eigenvalue weighted by Gasteiger charge is -2.24. The third-order valence-electron chi connectivity index (χ3n) is 4.84. The predicted molar refractivity (Wildman–Crippen MR) is 134 cm³/mol. The molecule has 5 nitrogen and oxygen atoms in total. The molecule has 0 fully saturated rings. The van der Waals surface area contributed by atoms with Crippen molar-refractivity contribution in [3.05, 3.63) is 88.4 Å². The fourth-order valence-electron chi connectivity index (χ4n) is 3.19. The Morgan fingerprint density at radius 2 is 1.72 bits per heavy atom. The van der Waals surface area contributed by atoms with Gasteiger partial charge in [-0.2, -0.15) is 0 Å². The Morgan fingerprint density at radius 1 is 1.00 bits per heavy atom. The molecule has 3 aromatic rings. The van der Waals surface area contributed by atoms with Crippen LogP contribution in [0.5, 0.6) is 0 Å². The largest absolute Gasteiger partial charge is 0.324 e. The van der Waals surface area contributed by atoms with Crippen LogP contribution in [0, 0.1) is 13.8 Å². The monoisotopic (exact) mass is 488 g/mol. The van der Waals surface area contributed by atoms with E-state index < -0.39 is 15.9 Å². The molecule has 0 aliphatic rings. The molecular formula is C24H25ClN2O3S2. The van der Waals surface area contributed by atoms with Crippen LogP contribution < -0.4 is 9.62 Å². The topological polar surface area (TPSA) is 66.5 Å². The fraction of sp³-hybridized carbons (Fsp3) is 0.208. The van der Waals surface area contributed by atoms with E-state index in [4.69, 9.17) is 11.6 Å². The number of rotatable bonds is 8. The van der Waals surface area contributed by atoms with Gasteiger partial charge < -0.3 is 5.32 Å². The normalized spacial score (nSPS) is 11.2. The average molecular weight is 489 g/mol. The number of aryl methyl sites for hydroxylation is 2. The van der Waals surface area contributed by atoms with Crippen LogP contribution in [-0.4, -0.2) is 27.1 Å². The van der Waals surface area contributed by atoms with Crippen LogP contribution in [0.3, 0.4) is 0 Å². The Hall–Kier alpha value is -2.48. The molecule has 0 aliphatic heterocycles. The number of sulfonamides is 1. The van der Waals surface area contributed by atoms with E-state index in [-0.39, 0.29) is 6.54 Å². The third-order valence-corrected chi connectivity index (χ3v) is 7.29. The summed E-state index contributed by atoms with van der Waals surface area (Å²) in [7, 11) is -3.68. The van der Waals surface area contributed by atoms with Gasteiger partial charge in [0.15, 0.2) is 0 Å². The number of hydrogen-bond donors (Lipinski definition) is 1. The zero-order valence-electron chi connectivity index (χ0n) is 18.1. The molecule has 3 rings (SSSR count). The lowest BCUT2D eigenvalue weighted by Crippen LogP contribution is -2.38. The molecule has 0 unspecified atom stereocenters. The molecule has 0 radical (unpaired) electrons. The molecule has 168 valence electrons. The summed E-state index contributed by atoms with van der Waals surface area (Å²) in [4.78, 5) is 13.9. The molecule has 8 heteroatoms. The lowest BCUT2D eigenvalue weighted by atomic mass is 10.1. The molecule has 0 saturated heterocycles. The first kappa shape index (κ1) is 24.2. The van der Waals surface area contributed by atoms with Gasteiger partial charge in [-0.1, -0.05) is 48.0 Å². The average Bonchev–Trinajstić information content (AvgIpc) is 2.74. The Balaban J connectivity index is 1.70. The van der Waals surface area contributed by atoms with Gasteiger partial charge in [-0.05, 0) is 60.9 Å². The number of anilines is 2. The highest BCUT2D eigenvalue weighted by Crippen LogP contribution is 2.27. The van der Waals surface area contributed by atoms with Crippen LogP contribution in [0.2, 0.25) is 5.02 Å². The molecule has 0 spiro atoms. The highest BCUT2D eigenvalue weighted by atomic mass is 35.5. The standard InChI is InChI=1S/C24H25ClN2O3S2/c1-17-9-11-20(25)14-23(17)27(32(3,29)30)15-24(28)26-22-12-10-19(13-18(22)2)16-31-21-7-5-4-6-8-21/h4-14H,15-16H2,1-3H3,(H,26,28). The zero-order chi connectivity index (χ0) is 23.3. The molecule has 1 amide bonds. The van der Waals surface area contributed by atoms with Gasteiger partial charge >= 0.3 is 0 Å². The summed E-state index contributed by atoms with van der Waals surface area (Å²) < 4.78 is 25.8. The first-order valence-electron chi connectivity index (χ1n) is 9.94. The summed E-state index contributed by atoms with van der Waals surface area (Å²) in [5.41, 5.74) is 3.81. The van der Waals surface area contributed by atoms with E-state index in [1.807, 2.05) is 43.3 Å². The first-order valence-corrected chi connectivity index (χ1v) is 13.2. The number of thioether (sulfide) groups is 1. The maximum atomic E-state index is 12.7. The Labute approximate surface area is 198 Å². The van der Waals surface area contributed by atoms with Gasteiger partial charge in [-0.3, -0.25) is 9.10 Å². The molecule has 32 heavy (non-hydrogen) atoms. The van der Waals surface area contributed by atoms with Crippen molar-refractivity contribution in [2.24, 2.45) is 0 Å². The minimum Gasteiger partial charge on any atom is -0.324 e. The van der Waals surface area contributed by atoms with Crippen molar-refractivity contribution < 1.29 is 13.2 Å². The number of benzene rings is 3. The van der Waals surface area contributed by atoms with Crippen molar-refractivity contribution in [1.82, 2.24) is 0 Å². The molecule has 0 heterocycles. The van der Waals surface area contributed by atoms with E-state index in [1.165, 1.54) is 4.90 Å². The highest BCUT2D eigenvalue weighted by Gasteiger charge is 2.23. The van der Waals surface area contributed by atoms with E-state index in [0.717, 1.165) is 27.4 Å². The van der Waals surface area contributed by atoms with Crippen LogP contribution in [0.25, 0.3) is 0 Å². The van der Waals surface area contributed by atoms with Crippen LogP contribution >= 0.6 is 23.4 Å². The summed E-state index contributed by atoms with van der Waals surface area (Å²) in [6.45, 7) is 3.35. The number of carbonyl (C=O) groups excluding carboxylic acids is 1. The van der Waals surface area contributed by atoms with Gasteiger partial charge in [0.05, 0.1) is 11.9 Å². The van der Waals surface area contributed by atoms with Crippen LogP contribution in [-0.2, 0) is 20.6 Å². The minimum absolute atomic E-state index is 0.342. The van der Waals surface area contributed by atoms with E-state index in [9.17, 15) is 13.2 Å². The molecule has 0 atom stereocenters. The van der Waals surface area contributed by atoms with E-state index >= 15 is 0 Å². The number of carbonyl (C=O) groups is 1. The van der Waals surface area contributed by atoms with Crippen molar-refractivity contribution in [2.75, 3.05) is 22.4 Å². The second-order valence-corrected chi connectivity index (χ2v) is 10.9. The third kappa shape index (κ3) is 6.51. The van der Waals surface area contributed by atoms with Gasteiger partial charge in [-0.15, -0.1) is 11.8 Å². The number of nitrogens with zero attached hydrogens (tertiary/aromatic N) is 1. The van der Waals surface area contributed by atoms with Gasteiger partial charge in [0.25, 0.3) is 0 Å². The predicted octanol–water partition coefficient (Wildman–Crippen LogP) is 5.65. The minimum atomic E-state index is -3.68. The summed E-state index contributed by atoms with van der Waals surface area (Å²) in [5.74, 6) is 0.388. The fourth-order valence-corrected chi connectivity index (χ4v) is 5.13. The van der Waals surface area contributed by atoms with Crippen molar-refractivity contribution >= 4 is 50.7 Å². The molecular weight excluding hydrogens is 464 g/mol. The maximum absolute atomic E-state index is 12.7. The van der Waals surface area contributed by atoms with Crippen LogP contribution in [0.15, 0.2) is 71.6 Å². The zero-order valence-corrected chi connectivity index (χ0v) is 20.5. The summed E-state index contributed by atoms with van der Waals surface area (Å²) in [5, 5.41) is 3.24. The lowest BCUT2D eigenvalue weighted by molar-refractivity contribution is -0.114. The van der Waals surface area contributed by atoms with E-state index in [0.29, 0.717) is 22.0 Å². The van der Waals surface area contributed by atoms with Crippen molar-refractivity contribution in [3.8, 4) is 0 Å². The molecule has 0 bridgehead atoms. The molecule has 1 N–H and O–H groups in total. The van der Waals surface area contributed by atoms with Crippen LogP contribution in [0.1, 0.15) is 16.7 Å². The number of halogens is 1. The van der Waals surface area contributed by atoms with Crippen molar-refractivity contribution in [1.29, 1.82) is 0 Å². The van der Waals surface area contributed by atoms with E-state index in [1.54, 1.807) is 36.9 Å². The Bertz CT molecular complexity index is 1220. The molecule has 0 saturated carbocycles. The summed E-state index contributed by atoms with van der Waals surface area (Å²) in [6, 6.07) is 21.0. The Morgan fingerprint density at radius 3 is 2.38 bits per heavy atom. The Kier molecular flexibility index (Phi) is 7.87. The highest BCUT2D eigenvalue weighted by molar-refractivity contribution is 7.98. The first-order chi connectivity index (χ1) is 15.1. The second kappa shape index (κ2) is 10.4. The van der Waals surface area contributed by atoms with Crippen molar-refractivity contribution in [3.63, 3.8) is 0 Å². The van der Waals surface area contributed by atoms with Gasteiger partial charge in [-0.25, -0.2) is 8.42 Å². The SMILES string of the molecule is Cc1cc(CSc2ccccc2)ccc1NC(=O)CN(c1cc(Cl)ccc1C)S(C)(=O)=O. The maximum Gasteiger partial charge on any atom is 0.245 e.